The van der Waals surface area contributed by atoms with Crippen LogP contribution in [0.4, 0.5) is 0 Å². The summed E-state index contributed by atoms with van der Waals surface area (Å²) < 4.78 is 41.4. The minimum atomic E-state index is -5.21. The van der Waals surface area contributed by atoms with Gasteiger partial charge in [0.1, 0.15) is 5.75 Å². The molecule has 0 radical (unpaired) electrons. The molecule has 0 saturated heterocycles. The number of phosphoric acid groups is 2. The second-order valence-electron chi connectivity index (χ2n) is 7.29. The Hall–Kier alpha value is -3.02. The van der Waals surface area contributed by atoms with Crippen LogP contribution < -0.4 is 4.52 Å². The van der Waals surface area contributed by atoms with Gasteiger partial charge in [0.25, 0.3) is 0 Å². The Kier molecular flexibility index (Phi) is 7.15. The third-order valence-corrected chi connectivity index (χ3v) is 7.56. The zero-order valence-electron chi connectivity index (χ0n) is 17.9. The Morgan fingerprint density at radius 3 is 1.26 bits per heavy atom. The van der Waals surface area contributed by atoms with Gasteiger partial charge in [0.05, 0.1) is 0 Å². The molecule has 4 rings (SSSR count). The minimum absolute atomic E-state index is 0.00576. The van der Waals surface area contributed by atoms with Crippen molar-refractivity contribution in [2.45, 2.75) is 5.60 Å². The molecule has 4 aromatic carbocycles. The third-order valence-electron chi connectivity index (χ3n) is 4.96. The van der Waals surface area contributed by atoms with Gasteiger partial charge < -0.3 is 9.42 Å². The number of rotatable bonds is 9. The topological polar surface area (TPSA) is 102 Å². The van der Waals surface area contributed by atoms with Crippen LogP contribution in [-0.4, -0.2) is 9.79 Å². The van der Waals surface area contributed by atoms with Crippen LogP contribution in [0.1, 0.15) is 16.7 Å². The molecule has 2 unspecified atom stereocenters. The molecule has 34 heavy (non-hydrogen) atoms. The van der Waals surface area contributed by atoms with Crippen molar-refractivity contribution >= 4 is 15.6 Å². The van der Waals surface area contributed by atoms with Gasteiger partial charge >= 0.3 is 15.6 Å². The van der Waals surface area contributed by atoms with E-state index in [9.17, 15) is 18.9 Å². The smallest absolute Gasteiger partial charge is 0.404 e. The molecule has 2 atom stereocenters. The Morgan fingerprint density at radius 2 is 0.882 bits per heavy atom. The first-order valence-electron chi connectivity index (χ1n) is 10.3. The summed E-state index contributed by atoms with van der Waals surface area (Å²) >= 11 is 0. The fourth-order valence-electron chi connectivity index (χ4n) is 3.63. The van der Waals surface area contributed by atoms with E-state index in [-0.39, 0.29) is 5.75 Å². The maximum atomic E-state index is 13.3. The van der Waals surface area contributed by atoms with Crippen LogP contribution in [0.5, 0.6) is 5.75 Å². The monoisotopic (exact) mass is 496 g/mol. The molecular formula is C25H22O7P2. The number of hydrogen-bond donors (Lipinski definition) is 2. The van der Waals surface area contributed by atoms with Crippen molar-refractivity contribution in [2.24, 2.45) is 0 Å². The van der Waals surface area contributed by atoms with Crippen molar-refractivity contribution < 1.29 is 32.3 Å². The zero-order chi connectivity index (χ0) is 24.1. The lowest BCUT2D eigenvalue weighted by atomic mass is 9.80. The maximum absolute atomic E-state index is 13.3. The van der Waals surface area contributed by atoms with Gasteiger partial charge in [-0.15, -0.1) is 0 Å². The van der Waals surface area contributed by atoms with Crippen LogP contribution in [-0.2, 0) is 23.6 Å². The summed E-state index contributed by atoms with van der Waals surface area (Å²) in [6.07, 6.45) is 0. The number of phosphoric ester groups is 2. The molecule has 2 N–H and O–H groups in total. The lowest BCUT2D eigenvalue weighted by Crippen LogP contribution is -2.32. The van der Waals surface area contributed by atoms with Crippen molar-refractivity contribution in [3.8, 4) is 5.75 Å². The van der Waals surface area contributed by atoms with E-state index in [1.165, 1.54) is 12.1 Å². The van der Waals surface area contributed by atoms with E-state index >= 15 is 0 Å². The molecule has 0 spiro atoms. The minimum Gasteiger partial charge on any atom is -0.404 e. The van der Waals surface area contributed by atoms with E-state index in [1.54, 1.807) is 109 Å². The Balaban J connectivity index is 1.79. The predicted molar refractivity (Wildman–Crippen MR) is 128 cm³/mol. The maximum Gasteiger partial charge on any atom is 0.536 e. The van der Waals surface area contributed by atoms with Gasteiger partial charge in [-0.05, 0) is 28.8 Å². The second-order valence-corrected chi connectivity index (χ2v) is 10.2. The van der Waals surface area contributed by atoms with Crippen LogP contribution in [0.15, 0.2) is 121 Å². The van der Waals surface area contributed by atoms with Gasteiger partial charge in [0.15, 0.2) is 5.60 Å². The molecule has 0 heterocycles. The average molecular weight is 496 g/mol. The van der Waals surface area contributed by atoms with Crippen molar-refractivity contribution in [3.05, 3.63) is 138 Å². The van der Waals surface area contributed by atoms with E-state index in [0.717, 1.165) is 0 Å². The largest absolute Gasteiger partial charge is 0.536 e. The summed E-state index contributed by atoms with van der Waals surface area (Å²) in [6.45, 7) is 0. The Bertz CT molecular complexity index is 1200. The highest BCUT2D eigenvalue weighted by molar-refractivity contribution is 7.61. The van der Waals surface area contributed by atoms with Crippen molar-refractivity contribution in [1.29, 1.82) is 0 Å². The van der Waals surface area contributed by atoms with E-state index in [2.05, 4.69) is 0 Å². The third kappa shape index (κ3) is 5.54. The molecule has 4 aromatic rings. The summed E-state index contributed by atoms with van der Waals surface area (Å²) in [6, 6.07) is 34.1. The molecule has 7 nitrogen and oxygen atoms in total. The number of benzene rings is 4. The lowest BCUT2D eigenvalue weighted by molar-refractivity contribution is 0.0949. The number of hydrogen-bond acceptors (Lipinski definition) is 5. The normalized spacial score (nSPS) is 15.1. The van der Waals surface area contributed by atoms with E-state index in [1.807, 2.05) is 0 Å². The first-order chi connectivity index (χ1) is 16.3. The highest BCUT2D eigenvalue weighted by Gasteiger charge is 2.47. The molecule has 9 heteroatoms. The summed E-state index contributed by atoms with van der Waals surface area (Å²) in [7, 11) is -10.2. The molecule has 0 fully saturated rings. The second kappa shape index (κ2) is 10.1. The lowest BCUT2D eigenvalue weighted by Gasteiger charge is -2.36. The highest BCUT2D eigenvalue weighted by Crippen LogP contribution is 2.64. The van der Waals surface area contributed by atoms with Gasteiger partial charge in [-0.3, -0.25) is 9.42 Å². The summed E-state index contributed by atoms with van der Waals surface area (Å²) in [4.78, 5) is 21.0. The Labute approximate surface area is 197 Å². The van der Waals surface area contributed by atoms with Crippen LogP contribution in [0.2, 0.25) is 0 Å². The van der Waals surface area contributed by atoms with Crippen LogP contribution >= 0.6 is 15.6 Å². The molecule has 0 bridgehead atoms. The molecule has 0 saturated carbocycles. The predicted octanol–water partition coefficient (Wildman–Crippen LogP) is 6.29. The summed E-state index contributed by atoms with van der Waals surface area (Å²) in [5.74, 6) is -0.00576. The van der Waals surface area contributed by atoms with Crippen LogP contribution in [0.3, 0.4) is 0 Å². The average Bonchev–Trinajstić information content (AvgIpc) is 2.84. The first-order valence-corrected chi connectivity index (χ1v) is 13.3. The quantitative estimate of drug-likeness (QED) is 0.207. The molecule has 174 valence electrons. The molecule has 0 aliphatic heterocycles. The van der Waals surface area contributed by atoms with Gasteiger partial charge in [0, 0.05) is 0 Å². The Morgan fingerprint density at radius 1 is 0.529 bits per heavy atom. The SMILES string of the molecule is O=P(O)(Oc1ccccc1)OP(=O)(O)OC(c1ccccc1)(c1ccccc1)c1ccccc1. The van der Waals surface area contributed by atoms with Gasteiger partial charge in [-0.2, -0.15) is 4.31 Å². The first kappa shape index (κ1) is 24.1. The highest BCUT2D eigenvalue weighted by atomic mass is 31.3. The van der Waals surface area contributed by atoms with Gasteiger partial charge in [-0.1, -0.05) is 109 Å². The zero-order valence-corrected chi connectivity index (χ0v) is 19.7. The van der Waals surface area contributed by atoms with Crippen LogP contribution in [0.25, 0.3) is 0 Å². The van der Waals surface area contributed by atoms with E-state index < -0.39 is 21.2 Å². The molecule has 0 aliphatic carbocycles. The summed E-state index contributed by atoms with van der Waals surface area (Å²) in [5, 5.41) is 0. The fourth-order valence-corrected chi connectivity index (χ4v) is 5.99. The van der Waals surface area contributed by atoms with Gasteiger partial charge in [-0.25, -0.2) is 9.13 Å². The van der Waals surface area contributed by atoms with Crippen molar-refractivity contribution in [2.75, 3.05) is 0 Å². The molecular weight excluding hydrogens is 474 g/mol. The standard InChI is InChI=1S/C25H22O7P2/c26-33(27,30-24-19-11-4-12-20-24)32-34(28,29)31-25(21-13-5-1-6-14-21,22-15-7-2-8-16-22)23-17-9-3-10-18-23/h1-20H,(H,26,27)(H,28,29). The van der Waals surface area contributed by atoms with Crippen molar-refractivity contribution in [1.82, 2.24) is 0 Å². The number of para-hydroxylation sites is 1. The van der Waals surface area contributed by atoms with E-state index in [4.69, 9.17) is 13.4 Å². The van der Waals surface area contributed by atoms with Crippen molar-refractivity contribution in [3.63, 3.8) is 0 Å². The van der Waals surface area contributed by atoms with Gasteiger partial charge in [0.2, 0.25) is 0 Å². The molecule has 0 aliphatic rings. The van der Waals surface area contributed by atoms with E-state index in [0.29, 0.717) is 16.7 Å². The fraction of sp³-hybridized carbons (Fsp3) is 0.0400. The molecule has 0 amide bonds. The molecule has 0 aromatic heterocycles. The summed E-state index contributed by atoms with van der Waals surface area (Å²) in [5.41, 5.74) is -0.0908. The van der Waals surface area contributed by atoms with Crippen LogP contribution in [0, 0.1) is 0 Å².